The molecule has 0 bridgehead atoms. The topological polar surface area (TPSA) is 67.2 Å². The summed E-state index contributed by atoms with van der Waals surface area (Å²) in [5, 5.41) is 12.7. The molecule has 0 aliphatic carbocycles. The summed E-state index contributed by atoms with van der Waals surface area (Å²) in [6.45, 7) is 6.03. The number of anilines is 1. The normalized spacial score (nSPS) is 18.5. The van der Waals surface area contributed by atoms with Gasteiger partial charge in [-0.1, -0.05) is 77.6 Å². The molecule has 170 valence electrons. The van der Waals surface area contributed by atoms with E-state index in [0.717, 1.165) is 42.8 Å². The molecule has 1 fully saturated rings. The fourth-order valence-electron chi connectivity index (χ4n) is 4.65. The van der Waals surface area contributed by atoms with Crippen LogP contribution < -0.4 is 4.90 Å². The van der Waals surface area contributed by atoms with E-state index in [1.807, 2.05) is 14.5 Å². The van der Waals surface area contributed by atoms with Gasteiger partial charge < -0.3 is 4.90 Å². The molecule has 0 N–H and O–H groups in total. The summed E-state index contributed by atoms with van der Waals surface area (Å²) in [5.41, 5.74) is 5.53. The largest absolute Gasteiger partial charge is 0.341 e. The zero-order valence-corrected chi connectivity index (χ0v) is 19.3. The maximum Gasteiger partial charge on any atom is 0.251 e. The lowest BCUT2D eigenvalue weighted by atomic mass is 9.99. The van der Waals surface area contributed by atoms with Gasteiger partial charge in [-0.15, -0.1) is 0 Å². The smallest absolute Gasteiger partial charge is 0.251 e. The number of carbonyl (C=O) groups excluding carboxylic acids is 1. The van der Waals surface area contributed by atoms with Gasteiger partial charge in [-0.25, -0.2) is 0 Å². The van der Waals surface area contributed by atoms with Crippen LogP contribution >= 0.6 is 0 Å². The number of likely N-dealkylation sites (tertiary alicyclic amines) is 1. The Kier molecular flexibility index (Phi) is 5.94. The first-order valence-electron chi connectivity index (χ1n) is 11.8. The van der Waals surface area contributed by atoms with Crippen LogP contribution in [0.25, 0.3) is 5.70 Å². The van der Waals surface area contributed by atoms with Crippen LogP contribution in [-0.2, 0) is 4.79 Å². The number of benzene rings is 2. The molecule has 1 saturated heterocycles. The third-order valence-electron chi connectivity index (χ3n) is 6.61. The Bertz CT molecular complexity index is 1140. The Labute approximate surface area is 194 Å². The van der Waals surface area contributed by atoms with Crippen LogP contribution in [0.2, 0.25) is 0 Å². The lowest BCUT2D eigenvalue weighted by Crippen LogP contribution is -2.42. The Morgan fingerprint density at radius 2 is 1.55 bits per heavy atom. The van der Waals surface area contributed by atoms with Crippen LogP contribution in [0.1, 0.15) is 54.0 Å². The second kappa shape index (κ2) is 9.17. The molecule has 1 aromatic heterocycles. The number of amides is 1. The molecule has 2 aliphatic rings. The number of nitrogens with zero attached hydrogens (tertiary/aromatic N) is 6. The number of allylic oxidation sites excluding steroid dienone is 1. The molecule has 0 saturated carbocycles. The summed E-state index contributed by atoms with van der Waals surface area (Å²) in [5.74, 6) is 0.722. The van der Waals surface area contributed by atoms with Crippen LogP contribution in [0.15, 0.2) is 54.6 Å². The van der Waals surface area contributed by atoms with E-state index in [2.05, 4.69) is 84.0 Å². The lowest BCUT2D eigenvalue weighted by molar-refractivity contribution is -0.129. The highest BCUT2D eigenvalue weighted by Crippen LogP contribution is 2.36. The highest BCUT2D eigenvalue weighted by atomic mass is 16.2. The summed E-state index contributed by atoms with van der Waals surface area (Å²) in [7, 11) is 0. The molecule has 2 aromatic carbocycles. The van der Waals surface area contributed by atoms with Crippen LogP contribution in [0, 0.1) is 13.8 Å². The van der Waals surface area contributed by atoms with Gasteiger partial charge >= 0.3 is 0 Å². The standard InChI is InChI=1S/C26H30N6O/c1-19-7-11-21(12-8-19)23-17-24(22-13-9-20(2)10-14-22)32-26(27-28-29-32)31(23)18-25(33)30-15-5-3-4-6-16-30/h7-14,17,24H,3-6,15-16,18H2,1-2H3. The minimum Gasteiger partial charge on any atom is -0.341 e. The minimum absolute atomic E-state index is 0.123. The zero-order valence-electron chi connectivity index (χ0n) is 19.3. The third-order valence-corrected chi connectivity index (χ3v) is 6.61. The predicted molar refractivity (Wildman–Crippen MR) is 129 cm³/mol. The number of aryl methyl sites for hydroxylation is 2. The highest BCUT2D eigenvalue weighted by Gasteiger charge is 2.33. The molecule has 7 heteroatoms. The quantitative estimate of drug-likeness (QED) is 0.607. The van der Waals surface area contributed by atoms with E-state index in [-0.39, 0.29) is 18.5 Å². The van der Waals surface area contributed by atoms with Gasteiger partial charge in [0.15, 0.2) is 0 Å². The SMILES string of the molecule is Cc1ccc(C2=CC(c3ccc(C)cc3)n3nnnc3N2CC(=O)N2CCCCCC2)cc1. The van der Waals surface area contributed by atoms with E-state index in [0.29, 0.717) is 5.95 Å². The van der Waals surface area contributed by atoms with E-state index in [1.54, 1.807) is 0 Å². The van der Waals surface area contributed by atoms with Crippen molar-refractivity contribution in [1.82, 2.24) is 25.1 Å². The second-order valence-corrected chi connectivity index (χ2v) is 9.08. The Balaban J connectivity index is 1.55. The highest BCUT2D eigenvalue weighted by molar-refractivity contribution is 5.89. The molecule has 0 radical (unpaired) electrons. The van der Waals surface area contributed by atoms with Crippen molar-refractivity contribution in [3.05, 3.63) is 76.9 Å². The number of fused-ring (bicyclic) bond motifs is 1. The Morgan fingerprint density at radius 3 is 2.21 bits per heavy atom. The van der Waals surface area contributed by atoms with Gasteiger partial charge in [0, 0.05) is 13.1 Å². The van der Waals surface area contributed by atoms with Gasteiger partial charge in [-0.3, -0.25) is 9.69 Å². The number of rotatable bonds is 4. The van der Waals surface area contributed by atoms with Crippen LogP contribution in [0.5, 0.6) is 0 Å². The average Bonchev–Trinajstić information content (AvgIpc) is 3.15. The van der Waals surface area contributed by atoms with Crippen molar-refractivity contribution in [3.8, 4) is 0 Å². The molecule has 1 amide bonds. The fourth-order valence-corrected chi connectivity index (χ4v) is 4.65. The molecular formula is C26H30N6O. The van der Waals surface area contributed by atoms with Crippen molar-refractivity contribution < 1.29 is 4.79 Å². The van der Waals surface area contributed by atoms with Gasteiger partial charge in [0.05, 0.1) is 5.70 Å². The van der Waals surface area contributed by atoms with Gasteiger partial charge in [0.25, 0.3) is 5.95 Å². The monoisotopic (exact) mass is 442 g/mol. The van der Waals surface area contributed by atoms with Crippen molar-refractivity contribution in [3.63, 3.8) is 0 Å². The van der Waals surface area contributed by atoms with Gasteiger partial charge in [0.2, 0.25) is 5.91 Å². The maximum absolute atomic E-state index is 13.3. The molecule has 3 heterocycles. The van der Waals surface area contributed by atoms with E-state index < -0.39 is 0 Å². The van der Waals surface area contributed by atoms with E-state index >= 15 is 0 Å². The second-order valence-electron chi connectivity index (χ2n) is 9.08. The molecule has 0 spiro atoms. The molecule has 1 atom stereocenters. The third kappa shape index (κ3) is 4.40. The molecule has 1 unspecified atom stereocenters. The maximum atomic E-state index is 13.3. The molecule has 2 aliphatic heterocycles. The number of carbonyl (C=O) groups is 1. The van der Waals surface area contributed by atoms with Crippen molar-refractivity contribution in [2.24, 2.45) is 0 Å². The number of aromatic nitrogens is 4. The summed E-state index contributed by atoms with van der Waals surface area (Å²) in [4.78, 5) is 17.3. The van der Waals surface area contributed by atoms with Crippen LogP contribution in [0.3, 0.4) is 0 Å². The zero-order chi connectivity index (χ0) is 22.8. The first-order chi connectivity index (χ1) is 16.1. The number of hydrogen-bond donors (Lipinski definition) is 0. The number of tetrazole rings is 1. The Morgan fingerprint density at radius 1 is 0.909 bits per heavy atom. The van der Waals surface area contributed by atoms with Crippen molar-refractivity contribution in [2.75, 3.05) is 24.5 Å². The summed E-state index contributed by atoms with van der Waals surface area (Å²) in [6.07, 6.45) is 6.70. The summed E-state index contributed by atoms with van der Waals surface area (Å²) in [6, 6.07) is 16.7. The van der Waals surface area contributed by atoms with Gasteiger partial charge in [-0.2, -0.15) is 4.68 Å². The average molecular weight is 443 g/mol. The Hall–Kier alpha value is -3.48. The van der Waals surface area contributed by atoms with E-state index in [1.165, 1.54) is 24.0 Å². The fraction of sp³-hybridized carbons (Fsp3) is 0.385. The molecular weight excluding hydrogens is 412 g/mol. The minimum atomic E-state index is -0.142. The van der Waals surface area contributed by atoms with Gasteiger partial charge in [0.1, 0.15) is 12.6 Å². The van der Waals surface area contributed by atoms with Gasteiger partial charge in [-0.05, 0) is 54.3 Å². The van der Waals surface area contributed by atoms with E-state index in [9.17, 15) is 4.79 Å². The van der Waals surface area contributed by atoms with E-state index in [4.69, 9.17) is 0 Å². The summed E-state index contributed by atoms with van der Waals surface area (Å²) < 4.78 is 1.82. The van der Waals surface area contributed by atoms with Crippen molar-refractivity contribution >= 4 is 17.6 Å². The molecule has 3 aromatic rings. The predicted octanol–water partition coefficient (Wildman–Crippen LogP) is 4.14. The van der Waals surface area contributed by atoms with Crippen LogP contribution in [-0.4, -0.2) is 50.6 Å². The first kappa shape index (κ1) is 21.4. The van der Waals surface area contributed by atoms with Crippen LogP contribution in [0.4, 0.5) is 5.95 Å². The molecule has 7 nitrogen and oxygen atoms in total. The summed E-state index contributed by atoms with van der Waals surface area (Å²) >= 11 is 0. The number of hydrogen-bond acceptors (Lipinski definition) is 5. The molecule has 5 rings (SSSR count). The lowest BCUT2D eigenvalue weighted by Gasteiger charge is -2.34. The van der Waals surface area contributed by atoms with Crippen molar-refractivity contribution in [2.45, 2.75) is 45.6 Å². The first-order valence-corrected chi connectivity index (χ1v) is 11.8. The van der Waals surface area contributed by atoms with Crippen molar-refractivity contribution in [1.29, 1.82) is 0 Å². The molecule has 33 heavy (non-hydrogen) atoms.